The quantitative estimate of drug-likeness (QED) is 0.898. The molecule has 0 aliphatic carbocycles. The van der Waals surface area contributed by atoms with E-state index >= 15 is 0 Å². The van der Waals surface area contributed by atoms with Gasteiger partial charge in [-0.3, -0.25) is 9.69 Å². The predicted octanol–water partition coefficient (Wildman–Crippen LogP) is 1.63. The van der Waals surface area contributed by atoms with E-state index in [9.17, 15) is 9.59 Å². The summed E-state index contributed by atoms with van der Waals surface area (Å²) >= 11 is 0. The van der Waals surface area contributed by atoms with Crippen molar-refractivity contribution in [1.82, 2.24) is 4.90 Å². The van der Waals surface area contributed by atoms with Crippen molar-refractivity contribution in [2.45, 2.75) is 18.9 Å². The summed E-state index contributed by atoms with van der Waals surface area (Å²) in [6.45, 7) is 1.55. The number of fused-ring (bicyclic) bond motifs is 1. The third-order valence-corrected chi connectivity index (χ3v) is 3.77. The molecule has 1 atom stereocenters. The number of likely N-dealkylation sites (tertiary alicyclic amines) is 1. The van der Waals surface area contributed by atoms with E-state index in [-0.39, 0.29) is 5.91 Å². The van der Waals surface area contributed by atoms with Gasteiger partial charge in [-0.05, 0) is 25.0 Å². The van der Waals surface area contributed by atoms with Gasteiger partial charge in [0.1, 0.15) is 19.3 Å². The third-order valence-electron chi connectivity index (χ3n) is 3.77. The molecule has 1 saturated heterocycles. The van der Waals surface area contributed by atoms with Gasteiger partial charge in [-0.2, -0.15) is 0 Å². The molecular weight excluding hydrogens is 288 g/mol. The fourth-order valence-corrected chi connectivity index (χ4v) is 2.72. The summed E-state index contributed by atoms with van der Waals surface area (Å²) in [5, 5.41) is 2.82. The average Bonchev–Trinajstić information content (AvgIpc) is 3.03. The van der Waals surface area contributed by atoms with Crippen LogP contribution in [0.2, 0.25) is 0 Å². The van der Waals surface area contributed by atoms with Crippen molar-refractivity contribution in [2.75, 3.05) is 32.2 Å². The van der Waals surface area contributed by atoms with Gasteiger partial charge in [0.2, 0.25) is 5.91 Å². The van der Waals surface area contributed by atoms with Gasteiger partial charge in [-0.25, -0.2) is 4.79 Å². The first kappa shape index (κ1) is 14.5. The number of benzene rings is 1. The van der Waals surface area contributed by atoms with Crippen molar-refractivity contribution >= 4 is 17.7 Å². The highest BCUT2D eigenvalue weighted by Gasteiger charge is 2.34. The molecule has 1 fully saturated rings. The van der Waals surface area contributed by atoms with Crippen LogP contribution in [-0.2, 0) is 9.53 Å². The highest BCUT2D eigenvalue weighted by molar-refractivity contribution is 5.97. The number of carbonyl (C=O) groups excluding carboxylic acids is 2. The Morgan fingerprint density at radius 2 is 2.05 bits per heavy atom. The molecule has 2 amide bonds. The first-order chi connectivity index (χ1) is 10.7. The number of nitrogens with one attached hydrogen (secondary N) is 1. The molecule has 2 aliphatic rings. The van der Waals surface area contributed by atoms with Crippen molar-refractivity contribution < 1.29 is 23.8 Å². The summed E-state index contributed by atoms with van der Waals surface area (Å²) in [6.07, 6.45) is 0.944. The molecule has 2 aliphatic heterocycles. The molecule has 7 heteroatoms. The highest BCUT2D eigenvalue weighted by atomic mass is 16.6. The van der Waals surface area contributed by atoms with E-state index < -0.39 is 12.1 Å². The molecule has 3 rings (SSSR count). The van der Waals surface area contributed by atoms with Gasteiger partial charge in [-0.1, -0.05) is 0 Å². The average molecular weight is 306 g/mol. The maximum atomic E-state index is 12.4. The van der Waals surface area contributed by atoms with Crippen molar-refractivity contribution in [1.29, 1.82) is 0 Å². The molecule has 1 N–H and O–H groups in total. The van der Waals surface area contributed by atoms with E-state index in [1.807, 2.05) is 0 Å². The number of anilines is 1. The molecule has 1 aromatic carbocycles. The van der Waals surface area contributed by atoms with E-state index in [2.05, 4.69) is 5.32 Å². The second-order valence-corrected chi connectivity index (χ2v) is 5.17. The van der Waals surface area contributed by atoms with Crippen molar-refractivity contribution in [3.05, 3.63) is 18.2 Å². The van der Waals surface area contributed by atoms with Gasteiger partial charge >= 0.3 is 6.09 Å². The van der Waals surface area contributed by atoms with Crippen LogP contribution in [0.1, 0.15) is 12.8 Å². The lowest BCUT2D eigenvalue weighted by atomic mass is 10.2. The molecule has 0 spiro atoms. The Kier molecular flexibility index (Phi) is 4.04. The molecule has 0 bridgehead atoms. The minimum absolute atomic E-state index is 0.223. The smallest absolute Gasteiger partial charge is 0.410 e. The molecule has 1 unspecified atom stereocenters. The topological polar surface area (TPSA) is 77.1 Å². The number of hydrogen-bond donors (Lipinski definition) is 1. The first-order valence-electron chi connectivity index (χ1n) is 7.24. The lowest BCUT2D eigenvalue weighted by Crippen LogP contribution is -2.43. The van der Waals surface area contributed by atoms with Crippen LogP contribution in [0.25, 0.3) is 0 Å². The van der Waals surface area contributed by atoms with E-state index in [0.717, 1.165) is 6.42 Å². The summed E-state index contributed by atoms with van der Waals surface area (Å²) in [7, 11) is 1.32. The molecule has 0 radical (unpaired) electrons. The highest BCUT2D eigenvalue weighted by Crippen LogP contribution is 2.32. The molecule has 118 valence electrons. The number of nitrogens with zero attached hydrogens (tertiary/aromatic N) is 1. The lowest BCUT2D eigenvalue weighted by molar-refractivity contribution is -0.119. The van der Waals surface area contributed by atoms with Crippen molar-refractivity contribution in [3.8, 4) is 11.5 Å². The number of hydrogen-bond acceptors (Lipinski definition) is 5. The van der Waals surface area contributed by atoms with Crippen LogP contribution in [-0.4, -0.2) is 49.8 Å². The summed E-state index contributed by atoms with van der Waals surface area (Å²) < 4.78 is 15.6. The fraction of sp³-hybridized carbons (Fsp3) is 0.467. The Morgan fingerprint density at radius 3 is 2.82 bits per heavy atom. The van der Waals surface area contributed by atoms with Gasteiger partial charge in [0.25, 0.3) is 0 Å². The molecule has 0 aromatic heterocycles. The second kappa shape index (κ2) is 6.13. The van der Waals surface area contributed by atoms with E-state index in [0.29, 0.717) is 43.4 Å². The van der Waals surface area contributed by atoms with E-state index in [1.165, 1.54) is 12.0 Å². The standard InChI is InChI=1S/C15H18N2O5/c1-20-15(19)17-6-2-3-11(17)14(18)16-10-4-5-12-13(9-10)22-8-7-21-12/h4-5,9,11H,2-3,6-8H2,1H3,(H,16,18). The zero-order chi connectivity index (χ0) is 15.5. The lowest BCUT2D eigenvalue weighted by Gasteiger charge is -2.23. The summed E-state index contributed by atoms with van der Waals surface area (Å²) in [5.74, 6) is 1.06. The molecule has 2 heterocycles. The van der Waals surface area contributed by atoms with Crippen LogP contribution in [0, 0.1) is 0 Å². The normalized spacial score (nSPS) is 19.7. The maximum absolute atomic E-state index is 12.4. The minimum atomic E-state index is -0.499. The van der Waals surface area contributed by atoms with E-state index in [1.54, 1.807) is 18.2 Å². The van der Waals surface area contributed by atoms with Gasteiger partial charge < -0.3 is 19.5 Å². The van der Waals surface area contributed by atoms with Crippen LogP contribution in [0.5, 0.6) is 11.5 Å². The molecule has 0 saturated carbocycles. The molecule has 22 heavy (non-hydrogen) atoms. The Hall–Kier alpha value is -2.44. The zero-order valence-corrected chi connectivity index (χ0v) is 12.3. The Bertz CT molecular complexity index is 589. The summed E-state index contributed by atoms with van der Waals surface area (Å²) in [4.78, 5) is 25.5. The Labute approximate surface area is 128 Å². The fourth-order valence-electron chi connectivity index (χ4n) is 2.72. The number of rotatable bonds is 2. The van der Waals surface area contributed by atoms with Crippen LogP contribution in [0.3, 0.4) is 0 Å². The van der Waals surface area contributed by atoms with Crippen LogP contribution < -0.4 is 14.8 Å². The first-order valence-corrected chi connectivity index (χ1v) is 7.24. The largest absolute Gasteiger partial charge is 0.486 e. The van der Waals surface area contributed by atoms with Gasteiger partial charge in [0.15, 0.2) is 11.5 Å². The SMILES string of the molecule is COC(=O)N1CCCC1C(=O)Nc1ccc2c(c1)OCCO2. The molecule has 1 aromatic rings. The van der Waals surface area contributed by atoms with Gasteiger partial charge in [0, 0.05) is 18.3 Å². The predicted molar refractivity (Wildman–Crippen MR) is 78.2 cm³/mol. The van der Waals surface area contributed by atoms with Crippen LogP contribution >= 0.6 is 0 Å². The number of carbonyl (C=O) groups is 2. The second-order valence-electron chi connectivity index (χ2n) is 5.17. The maximum Gasteiger partial charge on any atom is 0.410 e. The molecular formula is C15H18N2O5. The van der Waals surface area contributed by atoms with Crippen molar-refractivity contribution in [3.63, 3.8) is 0 Å². The summed E-state index contributed by atoms with van der Waals surface area (Å²) in [6, 6.07) is 4.74. The Balaban J connectivity index is 1.70. The van der Waals surface area contributed by atoms with E-state index in [4.69, 9.17) is 14.2 Å². The van der Waals surface area contributed by atoms with Crippen molar-refractivity contribution in [2.24, 2.45) is 0 Å². The minimum Gasteiger partial charge on any atom is -0.486 e. The summed E-state index contributed by atoms with van der Waals surface area (Å²) in [5.41, 5.74) is 0.617. The van der Waals surface area contributed by atoms with Crippen LogP contribution in [0.15, 0.2) is 18.2 Å². The monoisotopic (exact) mass is 306 g/mol. The number of ether oxygens (including phenoxy) is 3. The van der Waals surface area contributed by atoms with Gasteiger partial charge in [0.05, 0.1) is 7.11 Å². The Morgan fingerprint density at radius 1 is 1.27 bits per heavy atom. The van der Waals surface area contributed by atoms with Gasteiger partial charge in [-0.15, -0.1) is 0 Å². The van der Waals surface area contributed by atoms with Crippen LogP contribution in [0.4, 0.5) is 10.5 Å². The zero-order valence-electron chi connectivity index (χ0n) is 12.3. The molecule has 7 nitrogen and oxygen atoms in total. The third kappa shape index (κ3) is 2.79. The number of amides is 2. The number of methoxy groups -OCH3 is 1.